The zero-order valence-electron chi connectivity index (χ0n) is 10.9. The molecule has 0 saturated heterocycles. The van der Waals surface area contributed by atoms with Crippen molar-refractivity contribution in [3.8, 4) is 0 Å². The first-order valence-corrected chi connectivity index (χ1v) is 6.50. The third-order valence-corrected chi connectivity index (χ3v) is 2.64. The number of hydrogen-bond donors (Lipinski definition) is 1. The Hall–Kier alpha value is -1.06. The molecule has 0 spiro atoms. The average Bonchev–Trinajstić information content (AvgIpc) is 2.27. The van der Waals surface area contributed by atoms with Gasteiger partial charge in [-0.15, -0.1) is 0 Å². The molecule has 0 aliphatic carbocycles. The highest BCUT2D eigenvalue weighted by Crippen LogP contribution is 2.09. The van der Waals surface area contributed by atoms with Gasteiger partial charge in [0.15, 0.2) is 6.10 Å². The first-order chi connectivity index (χ1) is 8.07. The highest BCUT2D eigenvalue weighted by atomic mass is 16.6. The fourth-order valence-electron chi connectivity index (χ4n) is 1.53. The summed E-state index contributed by atoms with van der Waals surface area (Å²) in [5, 5.41) is 8.55. The Kier molecular flexibility index (Phi) is 9.49. The number of unbranched alkanes of at least 4 members (excludes halogenated alkanes) is 6. The van der Waals surface area contributed by atoms with Gasteiger partial charge in [0, 0.05) is 6.42 Å². The summed E-state index contributed by atoms with van der Waals surface area (Å²) in [6.45, 7) is 3.55. The van der Waals surface area contributed by atoms with Crippen LogP contribution in [-0.2, 0) is 14.3 Å². The van der Waals surface area contributed by atoms with Crippen molar-refractivity contribution in [2.45, 2.75) is 71.3 Å². The molecule has 0 aliphatic heterocycles. The molecule has 0 radical (unpaired) electrons. The molecule has 17 heavy (non-hydrogen) atoms. The summed E-state index contributed by atoms with van der Waals surface area (Å²) in [6, 6.07) is 0. The molecule has 1 N–H and O–H groups in total. The average molecular weight is 244 g/mol. The van der Waals surface area contributed by atoms with Crippen LogP contribution in [0.4, 0.5) is 0 Å². The number of carbonyl (C=O) groups is 2. The van der Waals surface area contributed by atoms with Gasteiger partial charge in [-0.3, -0.25) is 4.79 Å². The summed E-state index contributed by atoms with van der Waals surface area (Å²) < 4.78 is 4.72. The minimum Gasteiger partial charge on any atom is -0.479 e. The number of carboxylic acids is 1. The van der Waals surface area contributed by atoms with Crippen molar-refractivity contribution in [2.75, 3.05) is 0 Å². The van der Waals surface area contributed by atoms with Crippen LogP contribution in [0.5, 0.6) is 0 Å². The Morgan fingerprint density at radius 3 is 2.12 bits per heavy atom. The van der Waals surface area contributed by atoms with E-state index in [2.05, 4.69) is 6.92 Å². The number of aliphatic carboxylic acids is 1. The van der Waals surface area contributed by atoms with Gasteiger partial charge in [-0.2, -0.15) is 0 Å². The Morgan fingerprint density at radius 2 is 1.59 bits per heavy atom. The van der Waals surface area contributed by atoms with Crippen molar-refractivity contribution in [1.82, 2.24) is 0 Å². The smallest absolute Gasteiger partial charge is 0.344 e. The molecule has 0 rings (SSSR count). The predicted molar refractivity (Wildman–Crippen MR) is 65.8 cm³/mol. The van der Waals surface area contributed by atoms with E-state index in [9.17, 15) is 9.59 Å². The molecule has 0 heterocycles. The normalized spacial score (nSPS) is 12.1. The molecule has 0 aliphatic rings. The summed E-state index contributed by atoms with van der Waals surface area (Å²) in [7, 11) is 0. The van der Waals surface area contributed by atoms with E-state index < -0.39 is 18.0 Å². The van der Waals surface area contributed by atoms with Gasteiger partial charge in [0.05, 0.1) is 0 Å². The number of ether oxygens (including phenoxy) is 1. The highest BCUT2D eigenvalue weighted by Gasteiger charge is 2.15. The molecule has 4 nitrogen and oxygen atoms in total. The van der Waals surface area contributed by atoms with E-state index >= 15 is 0 Å². The lowest BCUT2D eigenvalue weighted by Gasteiger charge is -2.08. The second-order valence-electron chi connectivity index (χ2n) is 4.34. The van der Waals surface area contributed by atoms with Gasteiger partial charge >= 0.3 is 11.9 Å². The Labute approximate surface area is 103 Å². The topological polar surface area (TPSA) is 63.6 Å². The van der Waals surface area contributed by atoms with Crippen LogP contribution in [0.15, 0.2) is 0 Å². The van der Waals surface area contributed by atoms with Crippen molar-refractivity contribution in [3.63, 3.8) is 0 Å². The summed E-state index contributed by atoms with van der Waals surface area (Å²) in [6.07, 6.45) is 7.22. The molecule has 0 saturated carbocycles. The Balaban J connectivity index is 3.36. The van der Waals surface area contributed by atoms with Gasteiger partial charge < -0.3 is 9.84 Å². The monoisotopic (exact) mass is 244 g/mol. The summed E-state index contributed by atoms with van der Waals surface area (Å²) in [5.74, 6) is -1.51. The van der Waals surface area contributed by atoms with Crippen LogP contribution in [0.25, 0.3) is 0 Å². The van der Waals surface area contributed by atoms with Crippen LogP contribution < -0.4 is 0 Å². The molecule has 0 aromatic rings. The van der Waals surface area contributed by atoms with Crippen LogP contribution in [0.2, 0.25) is 0 Å². The fourth-order valence-corrected chi connectivity index (χ4v) is 1.53. The number of esters is 1. The lowest BCUT2D eigenvalue weighted by molar-refractivity contribution is -0.162. The quantitative estimate of drug-likeness (QED) is 0.473. The molecule has 0 aromatic heterocycles. The number of carboxylic acid groups (broad SMARTS) is 1. The molecule has 4 heteroatoms. The van der Waals surface area contributed by atoms with Crippen molar-refractivity contribution >= 4 is 11.9 Å². The number of rotatable bonds is 10. The van der Waals surface area contributed by atoms with E-state index in [-0.39, 0.29) is 0 Å². The molecule has 100 valence electrons. The molecule has 1 unspecified atom stereocenters. The first-order valence-electron chi connectivity index (χ1n) is 6.50. The van der Waals surface area contributed by atoms with Gasteiger partial charge in [0.25, 0.3) is 0 Å². The van der Waals surface area contributed by atoms with Gasteiger partial charge in [-0.1, -0.05) is 45.4 Å². The molecular weight excluding hydrogens is 220 g/mol. The summed E-state index contributed by atoms with van der Waals surface area (Å²) >= 11 is 0. The van der Waals surface area contributed by atoms with Crippen LogP contribution >= 0.6 is 0 Å². The molecular formula is C13H24O4. The minimum absolute atomic E-state index is 0.325. The number of hydrogen-bond acceptors (Lipinski definition) is 3. The molecule has 0 amide bonds. The van der Waals surface area contributed by atoms with Crippen LogP contribution in [0, 0.1) is 0 Å². The Bertz CT molecular complexity index is 225. The zero-order chi connectivity index (χ0) is 13.1. The minimum atomic E-state index is -1.10. The first kappa shape index (κ1) is 15.9. The van der Waals surface area contributed by atoms with E-state index in [1.807, 2.05) is 0 Å². The van der Waals surface area contributed by atoms with Gasteiger partial charge in [0.1, 0.15) is 0 Å². The summed E-state index contributed by atoms with van der Waals surface area (Å²) in [5.41, 5.74) is 0. The predicted octanol–water partition coefficient (Wildman–Crippen LogP) is 3.14. The maximum Gasteiger partial charge on any atom is 0.344 e. The van der Waals surface area contributed by atoms with E-state index in [1.54, 1.807) is 0 Å². The van der Waals surface area contributed by atoms with Crippen molar-refractivity contribution in [3.05, 3.63) is 0 Å². The molecule has 0 aromatic carbocycles. The molecule has 1 atom stereocenters. The van der Waals surface area contributed by atoms with Crippen LogP contribution in [-0.4, -0.2) is 23.1 Å². The van der Waals surface area contributed by atoms with E-state index in [1.165, 1.54) is 32.6 Å². The Morgan fingerprint density at radius 1 is 1.06 bits per heavy atom. The van der Waals surface area contributed by atoms with Crippen LogP contribution in [0.3, 0.4) is 0 Å². The molecule has 0 bridgehead atoms. The van der Waals surface area contributed by atoms with E-state index in [0.717, 1.165) is 19.3 Å². The van der Waals surface area contributed by atoms with E-state index in [0.29, 0.717) is 6.42 Å². The van der Waals surface area contributed by atoms with Crippen LogP contribution in [0.1, 0.15) is 65.2 Å². The van der Waals surface area contributed by atoms with E-state index in [4.69, 9.17) is 9.84 Å². The second kappa shape index (κ2) is 10.1. The maximum atomic E-state index is 11.2. The van der Waals surface area contributed by atoms with Gasteiger partial charge in [-0.05, 0) is 13.3 Å². The van der Waals surface area contributed by atoms with Gasteiger partial charge in [0.2, 0.25) is 0 Å². The largest absolute Gasteiger partial charge is 0.479 e. The lowest BCUT2D eigenvalue weighted by atomic mass is 10.1. The lowest BCUT2D eigenvalue weighted by Crippen LogP contribution is -2.23. The summed E-state index contributed by atoms with van der Waals surface area (Å²) in [4.78, 5) is 21.6. The second-order valence-corrected chi connectivity index (χ2v) is 4.34. The standard InChI is InChI=1S/C13H24O4/c1-3-4-5-6-7-8-9-10-12(14)17-11(2)13(15)16/h11H,3-10H2,1-2H3,(H,15,16). The third kappa shape index (κ3) is 9.85. The molecule has 0 fully saturated rings. The van der Waals surface area contributed by atoms with Crippen molar-refractivity contribution < 1.29 is 19.4 Å². The zero-order valence-corrected chi connectivity index (χ0v) is 10.9. The fraction of sp³-hybridized carbons (Fsp3) is 0.846. The number of carbonyl (C=O) groups excluding carboxylic acids is 1. The SMILES string of the molecule is CCCCCCCCCC(=O)OC(C)C(=O)O. The van der Waals surface area contributed by atoms with Crippen molar-refractivity contribution in [2.24, 2.45) is 0 Å². The van der Waals surface area contributed by atoms with Gasteiger partial charge in [-0.25, -0.2) is 4.79 Å². The maximum absolute atomic E-state index is 11.2. The highest BCUT2D eigenvalue weighted by molar-refractivity contribution is 5.77. The van der Waals surface area contributed by atoms with Crippen molar-refractivity contribution in [1.29, 1.82) is 0 Å². The third-order valence-electron chi connectivity index (χ3n) is 2.64.